The molecule has 0 fully saturated rings. The fraction of sp³-hybridized carbons (Fsp3) is 0.308. The predicted molar refractivity (Wildman–Crippen MR) is 63.7 cm³/mol. The highest BCUT2D eigenvalue weighted by Gasteiger charge is 2.26. The maximum Gasteiger partial charge on any atom is 0.268 e. The minimum atomic E-state index is -0.227. The molecule has 88 valence electrons. The van der Waals surface area contributed by atoms with Crippen molar-refractivity contribution >= 4 is 16.8 Å². The van der Waals surface area contributed by atoms with Crippen LogP contribution in [0.1, 0.15) is 29.0 Å². The second-order valence-corrected chi connectivity index (χ2v) is 4.59. The summed E-state index contributed by atoms with van der Waals surface area (Å²) in [4.78, 5) is 11.7. The van der Waals surface area contributed by atoms with E-state index in [9.17, 15) is 9.18 Å². The fourth-order valence-electron chi connectivity index (χ4n) is 2.43. The van der Waals surface area contributed by atoms with E-state index in [1.165, 1.54) is 0 Å². The van der Waals surface area contributed by atoms with Crippen molar-refractivity contribution in [2.45, 2.75) is 19.9 Å². The molecule has 0 aliphatic carbocycles. The van der Waals surface area contributed by atoms with Gasteiger partial charge in [-0.3, -0.25) is 4.79 Å². The summed E-state index contributed by atoms with van der Waals surface area (Å²) in [5.41, 5.74) is 1.70. The number of aromatic nitrogens is 1. The number of aryl methyl sites for hydroxylation is 1. The van der Waals surface area contributed by atoms with Gasteiger partial charge in [0.05, 0.1) is 5.52 Å². The number of carbonyl (C=O) groups is 1. The van der Waals surface area contributed by atoms with Crippen molar-refractivity contribution in [3.63, 3.8) is 0 Å². The molecule has 17 heavy (non-hydrogen) atoms. The first-order chi connectivity index (χ1) is 8.09. The van der Waals surface area contributed by atoms with Gasteiger partial charge in [-0.2, -0.15) is 0 Å². The largest absolute Gasteiger partial charge is 0.349 e. The molecule has 1 unspecified atom stereocenters. The molecule has 3 nitrogen and oxygen atoms in total. The third-order valence-electron chi connectivity index (χ3n) is 3.36. The zero-order valence-corrected chi connectivity index (χ0v) is 9.75. The molecule has 1 aliphatic heterocycles. The van der Waals surface area contributed by atoms with Gasteiger partial charge in [0.1, 0.15) is 11.5 Å². The third-order valence-corrected chi connectivity index (χ3v) is 3.36. The van der Waals surface area contributed by atoms with Crippen molar-refractivity contribution in [1.29, 1.82) is 0 Å². The number of halogens is 1. The summed E-state index contributed by atoms with van der Waals surface area (Å²) in [5, 5.41) is 3.59. The molecular weight excluding hydrogens is 219 g/mol. The van der Waals surface area contributed by atoms with E-state index in [0.717, 1.165) is 5.39 Å². The zero-order valence-electron chi connectivity index (χ0n) is 9.75. The van der Waals surface area contributed by atoms with Crippen LogP contribution in [0.15, 0.2) is 18.2 Å². The Morgan fingerprint density at radius 1 is 1.47 bits per heavy atom. The van der Waals surface area contributed by atoms with Crippen LogP contribution >= 0.6 is 0 Å². The highest BCUT2D eigenvalue weighted by Crippen LogP contribution is 2.29. The summed E-state index contributed by atoms with van der Waals surface area (Å²) in [6.07, 6.45) is 0. The van der Waals surface area contributed by atoms with Crippen LogP contribution in [0.2, 0.25) is 0 Å². The van der Waals surface area contributed by atoms with Crippen LogP contribution in [0.3, 0.4) is 0 Å². The van der Waals surface area contributed by atoms with Crippen LogP contribution in [0, 0.1) is 12.7 Å². The van der Waals surface area contributed by atoms with E-state index in [1.807, 2.05) is 13.0 Å². The predicted octanol–water partition coefficient (Wildman–Crippen LogP) is 2.39. The number of carbonyl (C=O) groups excluding carboxylic acids is 1. The normalized spacial score (nSPS) is 19.2. The Labute approximate surface area is 98.2 Å². The van der Waals surface area contributed by atoms with Gasteiger partial charge in [0.2, 0.25) is 0 Å². The van der Waals surface area contributed by atoms with Crippen LogP contribution in [-0.2, 0) is 0 Å². The average molecular weight is 232 g/mol. The van der Waals surface area contributed by atoms with Gasteiger partial charge < -0.3 is 9.88 Å². The molecule has 1 atom stereocenters. The Hall–Kier alpha value is -1.84. The summed E-state index contributed by atoms with van der Waals surface area (Å²) in [7, 11) is 0. The summed E-state index contributed by atoms with van der Waals surface area (Å²) in [5.74, 6) is -0.355. The quantitative estimate of drug-likeness (QED) is 0.743. The molecule has 2 aromatic rings. The first-order valence-electron chi connectivity index (χ1n) is 5.68. The van der Waals surface area contributed by atoms with Crippen LogP contribution in [-0.4, -0.2) is 17.0 Å². The number of hydrogen-bond donors (Lipinski definition) is 1. The number of nitrogens with zero attached hydrogens (tertiary/aromatic N) is 1. The zero-order chi connectivity index (χ0) is 12.2. The minimum Gasteiger partial charge on any atom is -0.349 e. The molecule has 1 aromatic heterocycles. The lowest BCUT2D eigenvalue weighted by Gasteiger charge is -2.24. The maximum atomic E-state index is 14.2. The molecule has 1 aromatic carbocycles. The van der Waals surface area contributed by atoms with E-state index in [-0.39, 0.29) is 17.8 Å². The lowest BCUT2D eigenvalue weighted by Crippen LogP contribution is -2.37. The number of amides is 1. The Morgan fingerprint density at radius 2 is 2.24 bits per heavy atom. The number of rotatable bonds is 0. The standard InChI is InChI=1S/C13H13FN2O/c1-7-3-4-9-5-10-13(17)15-6-8(2)16(10)12(9)11(7)14/h3-5,8H,6H2,1-2H3,(H,15,17). The molecule has 1 N–H and O–H groups in total. The van der Waals surface area contributed by atoms with Gasteiger partial charge in [-0.1, -0.05) is 12.1 Å². The highest BCUT2D eigenvalue weighted by atomic mass is 19.1. The molecule has 2 heterocycles. The highest BCUT2D eigenvalue weighted by molar-refractivity contribution is 6.00. The van der Waals surface area contributed by atoms with Crippen LogP contribution in [0.25, 0.3) is 10.9 Å². The lowest BCUT2D eigenvalue weighted by molar-refractivity contribution is 0.0919. The molecule has 0 saturated carbocycles. The van der Waals surface area contributed by atoms with Crippen molar-refractivity contribution in [2.24, 2.45) is 0 Å². The first-order valence-corrected chi connectivity index (χ1v) is 5.68. The SMILES string of the molecule is Cc1ccc2cc3n(c2c1F)C(C)CNC3=O. The number of hydrogen-bond acceptors (Lipinski definition) is 1. The smallest absolute Gasteiger partial charge is 0.268 e. The summed E-state index contributed by atoms with van der Waals surface area (Å²) in [6.45, 7) is 4.26. The molecule has 3 rings (SSSR count). The number of fused-ring (bicyclic) bond motifs is 3. The maximum absolute atomic E-state index is 14.2. The Balaban J connectivity index is 2.44. The van der Waals surface area contributed by atoms with Crippen molar-refractivity contribution in [1.82, 2.24) is 9.88 Å². The topological polar surface area (TPSA) is 34.0 Å². The van der Waals surface area contributed by atoms with Crippen molar-refractivity contribution < 1.29 is 9.18 Å². The first kappa shape index (κ1) is 10.3. The van der Waals surface area contributed by atoms with E-state index in [2.05, 4.69) is 5.32 Å². The molecule has 0 radical (unpaired) electrons. The van der Waals surface area contributed by atoms with Gasteiger partial charge in [0, 0.05) is 18.0 Å². The van der Waals surface area contributed by atoms with E-state index < -0.39 is 0 Å². The van der Waals surface area contributed by atoms with Crippen LogP contribution < -0.4 is 5.32 Å². The summed E-state index contributed by atoms with van der Waals surface area (Å²) in [6, 6.07) is 5.44. The Kier molecular flexibility index (Phi) is 2.02. The van der Waals surface area contributed by atoms with Crippen molar-refractivity contribution in [2.75, 3.05) is 6.54 Å². The molecule has 1 aliphatic rings. The van der Waals surface area contributed by atoms with E-state index >= 15 is 0 Å². The second-order valence-electron chi connectivity index (χ2n) is 4.59. The molecule has 0 saturated heterocycles. The summed E-state index contributed by atoms with van der Waals surface area (Å²) >= 11 is 0. The van der Waals surface area contributed by atoms with Crippen LogP contribution in [0.4, 0.5) is 4.39 Å². The number of nitrogens with one attached hydrogen (secondary N) is 1. The van der Waals surface area contributed by atoms with Crippen molar-refractivity contribution in [3.8, 4) is 0 Å². The van der Waals surface area contributed by atoms with E-state index in [0.29, 0.717) is 23.3 Å². The Bertz CT molecular complexity index is 630. The monoisotopic (exact) mass is 232 g/mol. The van der Waals surface area contributed by atoms with Gasteiger partial charge in [0.25, 0.3) is 5.91 Å². The van der Waals surface area contributed by atoms with E-state index in [4.69, 9.17) is 0 Å². The fourth-order valence-corrected chi connectivity index (χ4v) is 2.43. The van der Waals surface area contributed by atoms with Crippen molar-refractivity contribution in [3.05, 3.63) is 35.3 Å². The molecule has 4 heteroatoms. The average Bonchev–Trinajstić information content (AvgIpc) is 2.70. The Morgan fingerprint density at radius 3 is 3.00 bits per heavy atom. The minimum absolute atomic E-state index is 0.0801. The van der Waals surface area contributed by atoms with Gasteiger partial charge in [-0.05, 0) is 25.5 Å². The van der Waals surface area contributed by atoms with Crippen LogP contribution in [0.5, 0.6) is 0 Å². The van der Waals surface area contributed by atoms with Gasteiger partial charge >= 0.3 is 0 Å². The lowest BCUT2D eigenvalue weighted by atomic mass is 10.1. The molecule has 0 spiro atoms. The van der Waals surface area contributed by atoms with Gasteiger partial charge in [-0.15, -0.1) is 0 Å². The molecular formula is C13H13FN2O. The van der Waals surface area contributed by atoms with Gasteiger partial charge in [-0.25, -0.2) is 4.39 Å². The summed E-state index contributed by atoms with van der Waals surface area (Å²) < 4.78 is 16.0. The van der Waals surface area contributed by atoms with E-state index in [1.54, 1.807) is 23.6 Å². The molecule has 1 amide bonds. The molecule has 0 bridgehead atoms. The number of benzene rings is 1. The third kappa shape index (κ3) is 1.30. The second kappa shape index (κ2) is 3.32. The van der Waals surface area contributed by atoms with Gasteiger partial charge in [0.15, 0.2) is 0 Å².